The molecule has 2 unspecified atom stereocenters. The van der Waals surface area contributed by atoms with Gasteiger partial charge >= 0.3 is 0 Å². The highest BCUT2D eigenvalue weighted by Crippen LogP contribution is 2.41. The summed E-state index contributed by atoms with van der Waals surface area (Å²) in [5.74, 6) is 0.851. The summed E-state index contributed by atoms with van der Waals surface area (Å²) in [5.41, 5.74) is 2.27. The van der Waals surface area contributed by atoms with Crippen LogP contribution in [0, 0.1) is 0 Å². The number of ether oxygens (including phenoxy) is 1. The van der Waals surface area contributed by atoms with Crippen LogP contribution < -0.4 is 10.1 Å². The Morgan fingerprint density at radius 3 is 1.80 bits per heavy atom. The van der Waals surface area contributed by atoms with E-state index in [4.69, 9.17) is 13.6 Å². The summed E-state index contributed by atoms with van der Waals surface area (Å²) in [7, 11) is -2.18. The van der Waals surface area contributed by atoms with E-state index in [1.54, 1.807) is 7.11 Å². The zero-order valence-electron chi connectivity index (χ0n) is 24.0. The average molecular weight is 516 g/mol. The molecule has 1 N–H and O–H groups in total. The molecule has 0 radical (unpaired) electrons. The Morgan fingerprint density at radius 1 is 0.771 bits per heavy atom. The van der Waals surface area contributed by atoms with Gasteiger partial charge in [-0.3, -0.25) is 0 Å². The summed E-state index contributed by atoms with van der Waals surface area (Å²) in [4.78, 5) is 0. The van der Waals surface area contributed by atoms with Crippen molar-refractivity contribution in [2.24, 2.45) is 0 Å². The molecule has 0 saturated heterocycles. The maximum Gasteiger partial charge on any atom is 0.192 e. The molecule has 0 amide bonds. The molecule has 0 heterocycles. The van der Waals surface area contributed by atoms with E-state index in [1.807, 2.05) is 12.1 Å². The second-order valence-corrected chi connectivity index (χ2v) is 22.1. The summed E-state index contributed by atoms with van der Waals surface area (Å²) in [6.07, 6.45) is 0.812. The minimum Gasteiger partial charge on any atom is -0.497 e. The molecule has 0 aliphatic heterocycles. The van der Waals surface area contributed by atoms with Gasteiger partial charge in [0.25, 0.3) is 0 Å². The highest BCUT2D eigenvalue weighted by Gasteiger charge is 2.42. The predicted octanol–water partition coefficient (Wildman–Crippen LogP) is 8.65. The molecule has 0 spiro atoms. The Bertz CT molecular complexity index is 900. The predicted molar refractivity (Wildman–Crippen MR) is 156 cm³/mol. The summed E-state index contributed by atoms with van der Waals surface area (Å²) in [6, 6.07) is 18.8. The van der Waals surface area contributed by atoms with Gasteiger partial charge in [0.1, 0.15) is 5.75 Å². The molecule has 35 heavy (non-hydrogen) atoms. The largest absolute Gasteiger partial charge is 0.497 e. The van der Waals surface area contributed by atoms with E-state index in [1.165, 1.54) is 5.56 Å². The van der Waals surface area contributed by atoms with E-state index in [0.29, 0.717) is 6.61 Å². The van der Waals surface area contributed by atoms with Crippen LogP contribution in [0.5, 0.6) is 5.75 Å². The van der Waals surface area contributed by atoms with Crippen LogP contribution in [0.25, 0.3) is 0 Å². The lowest BCUT2D eigenvalue weighted by atomic mass is 9.99. The van der Waals surface area contributed by atoms with Gasteiger partial charge < -0.3 is 18.9 Å². The van der Waals surface area contributed by atoms with E-state index < -0.39 is 16.6 Å². The fraction of sp³-hybridized carbons (Fsp3) is 0.586. The Balaban J connectivity index is 2.40. The van der Waals surface area contributed by atoms with Gasteiger partial charge in [-0.1, -0.05) is 71.9 Å². The first kappa shape index (κ1) is 29.6. The van der Waals surface area contributed by atoms with Crippen LogP contribution in [0.1, 0.15) is 59.6 Å². The van der Waals surface area contributed by atoms with Crippen molar-refractivity contribution in [1.82, 2.24) is 0 Å². The van der Waals surface area contributed by atoms with Crippen molar-refractivity contribution in [3.63, 3.8) is 0 Å². The van der Waals surface area contributed by atoms with Gasteiger partial charge in [0.15, 0.2) is 16.6 Å². The fourth-order valence-electron chi connectivity index (χ4n) is 3.41. The van der Waals surface area contributed by atoms with E-state index in [2.05, 4.69) is 116 Å². The first-order valence-electron chi connectivity index (χ1n) is 12.8. The Labute approximate surface area is 217 Å². The summed E-state index contributed by atoms with van der Waals surface area (Å²) >= 11 is 0. The molecule has 0 saturated carbocycles. The van der Waals surface area contributed by atoms with Crippen LogP contribution in [0.3, 0.4) is 0 Å². The van der Waals surface area contributed by atoms with E-state index in [0.717, 1.165) is 17.9 Å². The molecule has 0 fully saturated rings. The number of benzene rings is 2. The summed E-state index contributed by atoms with van der Waals surface area (Å²) in [5, 5.41) is 4.10. The molecule has 0 aromatic heterocycles. The van der Waals surface area contributed by atoms with Crippen molar-refractivity contribution in [1.29, 1.82) is 0 Å². The van der Waals surface area contributed by atoms with Crippen molar-refractivity contribution in [2.75, 3.05) is 19.0 Å². The molecule has 4 nitrogen and oxygen atoms in total. The Kier molecular flexibility index (Phi) is 9.84. The topological polar surface area (TPSA) is 39.7 Å². The third-order valence-electron chi connectivity index (χ3n) is 7.87. The second kappa shape index (κ2) is 11.6. The van der Waals surface area contributed by atoms with Crippen LogP contribution >= 0.6 is 0 Å². The van der Waals surface area contributed by atoms with Crippen molar-refractivity contribution < 1.29 is 13.6 Å². The molecular formula is C29H49NO3Si2. The zero-order valence-corrected chi connectivity index (χ0v) is 26.0. The maximum atomic E-state index is 7.12. The first-order valence-corrected chi connectivity index (χ1v) is 18.7. The molecule has 2 rings (SSSR count). The number of anilines is 1. The number of methoxy groups -OCH3 is 1. The van der Waals surface area contributed by atoms with Crippen LogP contribution in [0.15, 0.2) is 54.6 Å². The van der Waals surface area contributed by atoms with Crippen LogP contribution in [-0.2, 0) is 8.85 Å². The molecule has 2 atom stereocenters. The summed E-state index contributed by atoms with van der Waals surface area (Å²) in [6.45, 7) is 23.8. The Morgan fingerprint density at radius 2 is 1.31 bits per heavy atom. The lowest BCUT2D eigenvalue weighted by Crippen LogP contribution is -2.47. The van der Waals surface area contributed by atoms with Gasteiger partial charge in [-0.2, -0.15) is 0 Å². The van der Waals surface area contributed by atoms with Crippen LogP contribution in [-0.4, -0.2) is 36.5 Å². The third kappa shape index (κ3) is 8.20. The van der Waals surface area contributed by atoms with Gasteiger partial charge in [-0.05, 0) is 72.5 Å². The zero-order chi connectivity index (χ0) is 26.5. The Hall–Kier alpha value is -1.61. The molecule has 0 aliphatic rings. The molecule has 196 valence electrons. The van der Waals surface area contributed by atoms with Gasteiger partial charge in [-0.15, -0.1) is 0 Å². The lowest BCUT2D eigenvalue weighted by Gasteiger charge is -2.42. The monoisotopic (exact) mass is 515 g/mol. The number of nitrogens with one attached hydrogen (secondary N) is 1. The van der Waals surface area contributed by atoms with Gasteiger partial charge in [-0.25, -0.2) is 0 Å². The SMILES string of the molecule is COc1ccc(NC(c2ccccc2)C(CCO[Si](C)(C)C(C)(C)C)O[Si](C)(C)C(C)(C)C)cc1. The van der Waals surface area contributed by atoms with Crippen LogP contribution in [0.2, 0.25) is 36.3 Å². The minimum absolute atomic E-state index is 0.00161. The number of rotatable bonds is 11. The van der Waals surface area contributed by atoms with E-state index >= 15 is 0 Å². The van der Waals surface area contributed by atoms with Gasteiger partial charge in [0.2, 0.25) is 0 Å². The van der Waals surface area contributed by atoms with E-state index in [-0.39, 0.29) is 22.2 Å². The molecule has 2 aromatic rings. The number of hydrogen-bond acceptors (Lipinski definition) is 4. The highest BCUT2D eigenvalue weighted by molar-refractivity contribution is 6.74. The van der Waals surface area contributed by atoms with Crippen molar-refractivity contribution >= 4 is 22.3 Å². The average Bonchev–Trinajstić information content (AvgIpc) is 2.76. The fourth-order valence-corrected chi connectivity index (χ4v) is 5.84. The van der Waals surface area contributed by atoms with Gasteiger partial charge in [0.05, 0.1) is 19.3 Å². The summed E-state index contributed by atoms with van der Waals surface area (Å²) < 4.78 is 19.1. The normalized spacial score (nSPS) is 14.9. The van der Waals surface area contributed by atoms with Crippen molar-refractivity contribution in [3.05, 3.63) is 60.2 Å². The van der Waals surface area contributed by atoms with Crippen molar-refractivity contribution in [3.8, 4) is 5.75 Å². The maximum absolute atomic E-state index is 7.12. The van der Waals surface area contributed by atoms with Crippen molar-refractivity contribution in [2.45, 2.75) is 96.4 Å². The van der Waals surface area contributed by atoms with Crippen LogP contribution in [0.4, 0.5) is 5.69 Å². The minimum atomic E-state index is -2.03. The first-order chi connectivity index (χ1) is 16.1. The molecule has 2 aromatic carbocycles. The third-order valence-corrected chi connectivity index (χ3v) is 16.9. The quantitative estimate of drug-likeness (QED) is 0.304. The molecule has 6 heteroatoms. The van der Waals surface area contributed by atoms with E-state index in [9.17, 15) is 0 Å². The highest BCUT2D eigenvalue weighted by atomic mass is 28.4. The van der Waals surface area contributed by atoms with Gasteiger partial charge in [0, 0.05) is 12.3 Å². The standard InChI is InChI=1S/C29H49NO3Si2/c1-28(2,3)34(8,9)32-22-21-26(33-35(10,11)29(4,5)6)27(23-15-13-12-14-16-23)30-24-17-19-25(31-7)20-18-24/h12-20,26-27,30H,21-22H2,1-11H3. The second-order valence-electron chi connectivity index (χ2n) is 12.6. The smallest absolute Gasteiger partial charge is 0.192 e. The molecule has 0 bridgehead atoms. The number of hydrogen-bond donors (Lipinski definition) is 1. The lowest BCUT2D eigenvalue weighted by molar-refractivity contribution is 0.124. The molecular weight excluding hydrogens is 466 g/mol. The molecule has 0 aliphatic carbocycles.